The molecular formula is C32H30F3N7. The van der Waals surface area contributed by atoms with Crippen LogP contribution in [0.25, 0.3) is 10.5 Å². The van der Waals surface area contributed by atoms with Crippen LogP contribution in [0.3, 0.4) is 0 Å². The topological polar surface area (TPSA) is 71.5 Å². The van der Waals surface area contributed by atoms with Crippen molar-refractivity contribution >= 4 is 17.2 Å². The molecule has 2 aliphatic rings. The zero-order valence-corrected chi connectivity index (χ0v) is 22.9. The number of aromatic nitrogens is 3. The number of halogens is 3. The minimum absolute atomic E-state index is 0.0911. The number of pyridine rings is 1. The van der Waals surface area contributed by atoms with Crippen molar-refractivity contribution in [2.24, 2.45) is 16.8 Å². The molecule has 0 spiro atoms. The molecule has 7 nitrogen and oxygen atoms in total. The highest BCUT2D eigenvalue weighted by molar-refractivity contribution is 6.07. The zero-order chi connectivity index (χ0) is 29.1. The molecule has 2 fully saturated rings. The average Bonchev–Trinajstić information content (AvgIpc) is 3.94. The van der Waals surface area contributed by atoms with Crippen LogP contribution in [-0.4, -0.2) is 33.7 Å². The summed E-state index contributed by atoms with van der Waals surface area (Å²) in [6.45, 7) is 8.75. The number of nitrogens with zero attached hydrogens (tertiary/aromatic N) is 5. The van der Waals surface area contributed by atoms with Gasteiger partial charge in [0.1, 0.15) is 5.69 Å². The molecule has 10 heteroatoms. The normalized spacial score (nSPS) is 16.2. The van der Waals surface area contributed by atoms with Crippen molar-refractivity contribution in [1.82, 2.24) is 20.1 Å². The molecule has 6 rings (SSSR count). The Labute approximate surface area is 242 Å². The van der Waals surface area contributed by atoms with Crippen LogP contribution in [0.1, 0.15) is 54.2 Å². The second-order valence-electron chi connectivity index (χ2n) is 10.9. The van der Waals surface area contributed by atoms with E-state index < -0.39 is 11.9 Å². The first-order chi connectivity index (χ1) is 20.4. The molecule has 2 N–H and O–H groups in total. The molecule has 2 saturated carbocycles. The molecular weight excluding hydrogens is 539 g/mol. The Balaban J connectivity index is 1.37. The summed E-state index contributed by atoms with van der Waals surface area (Å²) >= 11 is 0. The summed E-state index contributed by atoms with van der Waals surface area (Å²) in [6.07, 6.45) is 3.49. The lowest BCUT2D eigenvalue weighted by Crippen LogP contribution is -2.25. The highest BCUT2D eigenvalue weighted by Crippen LogP contribution is 2.33. The smallest absolute Gasteiger partial charge is 0.339 e. The number of hydrogen-bond acceptors (Lipinski definition) is 4. The molecule has 1 atom stereocenters. The molecule has 42 heavy (non-hydrogen) atoms. The molecule has 0 aliphatic heterocycles. The first-order valence-electron chi connectivity index (χ1n) is 14.1. The molecule has 4 aromatic rings. The van der Waals surface area contributed by atoms with Gasteiger partial charge in [0, 0.05) is 30.7 Å². The Kier molecular flexibility index (Phi) is 7.76. The van der Waals surface area contributed by atoms with E-state index in [9.17, 15) is 13.2 Å². The molecule has 214 valence electrons. The molecule has 2 aliphatic carbocycles. The fourth-order valence-corrected chi connectivity index (χ4v) is 4.80. The third-order valence-electron chi connectivity index (χ3n) is 7.46. The molecule has 0 radical (unpaired) electrons. The fraction of sp³-hybridized carbons (Fsp3) is 0.312. The van der Waals surface area contributed by atoms with Crippen LogP contribution in [0.4, 0.5) is 24.5 Å². The van der Waals surface area contributed by atoms with Crippen LogP contribution < -0.4 is 10.6 Å². The van der Waals surface area contributed by atoms with E-state index in [1.54, 1.807) is 24.4 Å². The SMILES string of the molecule is [C-]#[N+]c1cccc(-n2nc(C(F)(F)F)cc2C(=NCC2CC2)Nc2cccc(C(NCC3CC3)c3cccnc3)c2)c1. The van der Waals surface area contributed by atoms with Gasteiger partial charge in [0.15, 0.2) is 17.2 Å². The van der Waals surface area contributed by atoms with Gasteiger partial charge in [-0.25, -0.2) is 9.53 Å². The van der Waals surface area contributed by atoms with Gasteiger partial charge in [-0.15, -0.1) is 0 Å². The molecule has 2 heterocycles. The van der Waals surface area contributed by atoms with Crippen LogP contribution in [0.5, 0.6) is 0 Å². The lowest BCUT2D eigenvalue weighted by molar-refractivity contribution is -0.141. The van der Waals surface area contributed by atoms with Crippen molar-refractivity contribution < 1.29 is 13.2 Å². The van der Waals surface area contributed by atoms with Crippen molar-refractivity contribution in [1.29, 1.82) is 0 Å². The van der Waals surface area contributed by atoms with Crippen LogP contribution in [0, 0.1) is 18.4 Å². The summed E-state index contributed by atoms with van der Waals surface area (Å²) in [4.78, 5) is 12.5. The maximum atomic E-state index is 13.9. The van der Waals surface area contributed by atoms with Crippen molar-refractivity contribution in [2.45, 2.75) is 37.9 Å². The van der Waals surface area contributed by atoms with Crippen molar-refractivity contribution in [3.63, 3.8) is 0 Å². The largest absolute Gasteiger partial charge is 0.435 e. The van der Waals surface area contributed by atoms with Crippen molar-refractivity contribution in [3.05, 3.63) is 113 Å². The first-order valence-corrected chi connectivity index (χ1v) is 14.1. The monoisotopic (exact) mass is 569 g/mol. The van der Waals surface area contributed by atoms with E-state index in [4.69, 9.17) is 11.6 Å². The predicted molar refractivity (Wildman–Crippen MR) is 156 cm³/mol. The summed E-state index contributed by atoms with van der Waals surface area (Å²) < 4.78 is 42.9. The number of rotatable bonds is 10. The molecule has 0 saturated heterocycles. The highest BCUT2D eigenvalue weighted by atomic mass is 19.4. The van der Waals surface area contributed by atoms with Crippen LogP contribution in [-0.2, 0) is 6.18 Å². The molecule has 1 unspecified atom stereocenters. The molecule has 2 aromatic carbocycles. The highest BCUT2D eigenvalue weighted by Gasteiger charge is 2.36. The molecule has 0 amide bonds. The van der Waals surface area contributed by atoms with Gasteiger partial charge in [-0.2, -0.15) is 18.3 Å². The number of hydrogen-bond donors (Lipinski definition) is 2. The summed E-state index contributed by atoms with van der Waals surface area (Å²) in [5.41, 5.74) is 2.53. The van der Waals surface area contributed by atoms with Gasteiger partial charge in [0.05, 0.1) is 18.3 Å². The fourth-order valence-electron chi connectivity index (χ4n) is 4.80. The number of alkyl halides is 3. The summed E-state index contributed by atoms with van der Waals surface area (Å²) in [5.74, 6) is 1.38. The minimum Gasteiger partial charge on any atom is -0.339 e. The Morgan fingerprint density at radius 3 is 2.50 bits per heavy atom. The van der Waals surface area contributed by atoms with E-state index in [-0.39, 0.29) is 11.7 Å². The van der Waals surface area contributed by atoms with Crippen LogP contribution in [0.2, 0.25) is 0 Å². The quantitative estimate of drug-likeness (QED) is 0.120. The van der Waals surface area contributed by atoms with Gasteiger partial charge in [0.25, 0.3) is 0 Å². The number of benzene rings is 2. The van der Waals surface area contributed by atoms with E-state index in [2.05, 4.69) is 25.6 Å². The Morgan fingerprint density at radius 2 is 1.79 bits per heavy atom. The number of amidine groups is 1. The van der Waals surface area contributed by atoms with Crippen LogP contribution >= 0.6 is 0 Å². The maximum absolute atomic E-state index is 13.9. The Morgan fingerprint density at radius 1 is 1.00 bits per heavy atom. The first kappa shape index (κ1) is 27.7. The lowest BCUT2D eigenvalue weighted by Gasteiger charge is -2.21. The Bertz CT molecular complexity index is 1610. The second-order valence-corrected chi connectivity index (χ2v) is 10.9. The predicted octanol–water partition coefficient (Wildman–Crippen LogP) is 7.19. The zero-order valence-electron chi connectivity index (χ0n) is 22.9. The van der Waals surface area contributed by atoms with Crippen LogP contribution in [0.15, 0.2) is 84.1 Å². The summed E-state index contributed by atoms with van der Waals surface area (Å²) in [5, 5.41) is 10.9. The maximum Gasteiger partial charge on any atom is 0.435 e. The van der Waals surface area contributed by atoms with Gasteiger partial charge in [-0.3, -0.25) is 9.98 Å². The molecule has 2 aromatic heterocycles. The van der Waals surface area contributed by atoms with E-state index in [1.807, 2.05) is 42.6 Å². The van der Waals surface area contributed by atoms with Crippen molar-refractivity contribution in [2.75, 3.05) is 18.4 Å². The van der Waals surface area contributed by atoms with E-state index in [1.165, 1.54) is 23.6 Å². The number of anilines is 1. The third-order valence-corrected chi connectivity index (χ3v) is 7.46. The van der Waals surface area contributed by atoms with E-state index in [0.29, 0.717) is 41.3 Å². The van der Waals surface area contributed by atoms with Gasteiger partial charge < -0.3 is 10.6 Å². The summed E-state index contributed by atoms with van der Waals surface area (Å²) in [6, 6.07) is 19.1. The average molecular weight is 570 g/mol. The van der Waals surface area contributed by atoms with Gasteiger partial charge >= 0.3 is 6.18 Å². The second kappa shape index (κ2) is 11.8. The number of nitrogens with one attached hydrogen (secondary N) is 2. The number of aliphatic imine (C=N–C) groups is 1. The van der Waals surface area contributed by atoms with Crippen molar-refractivity contribution in [3.8, 4) is 5.69 Å². The minimum atomic E-state index is -4.65. The Hall–Kier alpha value is -4.49. The third kappa shape index (κ3) is 6.69. The standard InChI is InChI=1S/C32H30F3N7/c1-36-25-7-3-9-27(16-25)42-28(17-29(41-42)32(33,34)35)31(39-19-22-12-13-22)40-26-8-2-5-23(15-26)30(38-18-21-10-11-21)24-6-4-14-37-20-24/h2-9,14-17,20-22,30,38H,10-13,18-19H2,(H,39,40). The van der Waals surface area contributed by atoms with Gasteiger partial charge in [-0.05, 0) is 85.5 Å². The van der Waals surface area contributed by atoms with E-state index >= 15 is 0 Å². The van der Waals surface area contributed by atoms with Gasteiger partial charge in [0.2, 0.25) is 0 Å². The van der Waals surface area contributed by atoms with Gasteiger partial charge in [-0.1, -0.05) is 30.3 Å². The molecule has 0 bridgehead atoms. The lowest BCUT2D eigenvalue weighted by atomic mass is 9.99. The van der Waals surface area contributed by atoms with E-state index in [0.717, 1.165) is 36.6 Å². The summed E-state index contributed by atoms with van der Waals surface area (Å²) in [7, 11) is 0.